The number of hydrogen-bond donors (Lipinski definition) is 2. The first-order valence-corrected chi connectivity index (χ1v) is 7.37. The van der Waals surface area contributed by atoms with Gasteiger partial charge in [0.2, 0.25) is 0 Å². The minimum absolute atomic E-state index is 0.127. The number of aliphatic hydroxyl groups is 1. The maximum atomic E-state index is 12.0. The second kappa shape index (κ2) is 4.61. The molecule has 0 spiro atoms. The first-order chi connectivity index (χ1) is 9.02. The minimum atomic E-state index is -1.03. The molecule has 2 N–H and O–H groups in total. The van der Waals surface area contributed by atoms with Crippen molar-refractivity contribution in [3.05, 3.63) is 10.5 Å². The summed E-state index contributed by atoms with van der Waals surface area (Å²) in [7, 11) is 0. The number of hydrogen-bond acceptors (Lipinski definition) is 5. The lowest BCUT2D eigenvalue weighted by Crippen LogP contribution is -2.54. The van der Waals surface area contributed by atoms with E-state index in [9.17, 15) is 19.8 Å². The number of carbonyl (C=O) groups is 2. The van der Waals surface area contributed by atoms with Crippen LogP contribution < -0.4 is 0 Å². The summed E-state index contributed by atoms with van der Waals surface area (Å²) >= 11 is 1.43. The molecule has 0 aromatic heterocycles. The molecular formula is C13H16O5S. The number of ketones is 1. The predicted octanol–water partition coefficient (Wildman–Crippen LogP) is 0.815. The van der Waals surface area contributed by atoms with Gasteiger partial charge in [-0.3, -0.25) is 4.79 Å². The van der Waals surface area contributed by atoms with Crippen LogP contribution >= 0.6 is 11.8 Å². The van der Waals surface area contributed by atoms with Crippen LogP contribution in [0.15, 0.2) is 10.5 Å². The highest BCUT2D eigenvalue weighted by Crippen LogP contribution is 2.56. The number of ether oxygens (including phenoxy) is 1. The molecule has 19 heavy (non-hydrogen) atoms. The molecule has 0 amide bonds. The molecule has 1 saturated carbocycles. The zero-order chi connectivity index (χ0) is 13.7. The van der Waals surface area contributed by atoms with E-state index in [4.69, 9.17) is 4.74 Å². The summed E-state index contributed by atoms with van der Waals surface area (Å²) in [6.07, 6.45) is 0.834. The Labute approximate surface area is 115 Å². The fourth-order valence-corrected chi connectivity index (χ4v) is 5.10. The van der Waals surface area contributed by atoms with Gasteiger partial charge in [-0.15, -0.1) is 11.8 Å². The number of carboxylic acid groups (broad SMARTS) is 1. The Kier molecular flexibility index (Phi) is 3.19. The molecule has 3 aliphatic rings. The lowest BCUT2D eigenvalue weighted by Gasteiger charge is -2.40. The molecule has 1 aliphatic carbocycles. The highest BCUT2D eigenvalue weighted by molar-refractivity contribution is 8.04. The third kappa shape index (κ3) is 1.85. The average Bonchev–Trinajstić information content (AvgIpc) is 2.92. The SMILES string of the molecule is C[C@@H](O)[C@H]1C(=O)C2C(C(=O)O)=C([C@H]3CCCO3)S[C@@H]21. The molecular weight excluding hydrogens is 268 g/mol. The molecule has 0 bridgehead atoms. The number of rotatable bonds is 3. The standard InChI is InChI=1S/C13H16O5S/c1-5(14)7-10(15)8-9(13(16)17)11(19-12(7)8)6-3-2-4-18-6/h5-8,12,14H,2-4H2,1H3,(H,16,17)/t5-,6-,7+,8?,12-/m1/s1. The van der Waals surface area contributed by atoms with Crippen LogP contribution in [0.3, 0.4) is 0 Å². The van der Waals surface area contributed by atoms with Gasteiger partial charge in [0, 0.05) is 16.8 Å². The lowest BCUT2D eigenvalue weighted by atomic mass is 9.67. The lowest BCUT2D eigenvalue weighted by molar-refractivity contribution is -0.142. The van der Waals surface area contributed by atoms with Crippen molar-refractivity contribution in [3.8, 4) is 0 Å². The van der Waals surface area contributed by atoms with Gasteiger partial charge in [0.25, 0.3) is 0 Å². The Bertz CT molecular complexity index is 464. The third-order valence-corrected chi connectivity index (χ3v) is 5.70. The van der Waals surface area contributed by atoms with Gasteiger partial charge in [-0.05, 0) is 19.8 Å². The van der Waals surface area contributed by atoms with Gasteiger partial charge in [0.05, 0.1) is 29.6 Å². The van der Waals surface area contributed by atoms with E-state index in [0.29, 0.717) is 11.5 Å². The molecule has 2 heterocycles. The summed E-state index contributed by atoms with van der Waals surface area (Å²) in [5, 5.41) is 18.9. The average molecular weight is 284 g/mol. The zero-order valence-electron chi connectivity index (χ0n) is 10.5. The quantitative estimate of drug-likeness (QED) is 0.798. The van der Waals surface area contributed by atoms with E-state index >= 15 is 0 Å². The molecule has 1 saturated heterocycles. The zero-order valence-corrected chi connectivity index (χ0v) is 11.4. The number of Topliss-reactive ketones (excluding diaryl/α,β-unsaturated/α-hetero) is 1. The first kappa shape index (κ1) is 13.1. The van der Waals surface area contributed by atoms with Crippen molar-refractivity contribution in [1.29, 1.82) is 0 Å². The van der Waals surface area contributed by atoms with Crippen molar-refractivity contribution in [2.75, 3.05) is 6.61 Å². The van der Waals surface area contributed by atoms with Crippen LogP contribution in [0.2, 0.25) is 0 Å². The maximum absolute atomic E-state index is 12.0. The molecule has 2 aliphatic heterocycles. The van der Waals surface area contributed by atoms with Gasteiger partial charge in [-0.1, -0.05) is 0 Å². The topological polar surface area (TPSA) is 83.8 Å². The van der Waals surface area contributed by atoms with E-state index in [1.165, 1.54) is 11.8 Å². The number of fused-ring (bicyclic) bond motifs is 1. The summed E-state index contributed by atoms with van der Waals surface area (Å²) in [6, 6.07) is 0. The van der Waals surface area contributed by atoms with E-state index < -0.39 is 23.9 Å². The predicted molar refractivity (Wildman–Crippen MR) is 68.7 cm³/mol. The van der Waals surface area contributed by atoms with Crippen molar-refractivity contribution in [2.45, 2.75) is 37.2 Å². The molecule has 0 aromatic rings. The molecule has 6 heteroatoms. The van der Waals surface area contributed by atoms with Crippen molar-refractivity contribution >= 4 is 23.5 Å². The van der Waals surface area contributed by atoms with Crippen LogP contribution in [0.5, 0.6) is 0 Å². The molecule has 5 atom stereocenters. The Morgan fingerprint density at radius 1 is 1.53 bits per heavy atom. The molecule has 5 nitrogen and oxygen atoms in total. The summed E-state index contributed by atoms with van der Waals surface area (Å²) in [4.78, 5) is 24.2. The largest absolute Gasteiger partial charge is 0.478 e. The van der Waals surface area contributed by atoms with Gasteiger partial charge < -0.3 is 14.9 Å². The van der Waals surface area contributed by atoms with Gasteiger partial charge in [0.1, 0.15) is 5.78 Å². The fraction of sp³-hybridized carbons (Fsp3) is 0.692. The van der Waals surface area contributed by atoms with Gasteiger partial charge in [0.15, 0.2) is 0 Å². The van der Waals surface area contributed by atoms with E-state index in [-0.39, 0.29) is 22.7 Å². The number of aliphatic hydroxyl groups excluding tert-OH is 1. The smallest absolute Gasteiger partial charge is 0.333 e. The minimum Gasteiger partial charge on any atom is -0.478 e. The first-order valence-electron chi connectivity index (χ1n) is 6.49. The molecule has 2 fully saturated rings. The van der Waals surface area contributed by atoms with Crippen molar-refractivity contribution in [3.63, 3.8) is 0 Å². The van der Waals surface area contributed by atoms with Crippen LogP contribution in [0.25, 0.3) is 0 Å². The Balaban J connectivity index is 1.91. The molecule has 0 aromatic carbocycles. The summed E-state index contributed by atoms with van der Waals surface area (Å²) in [5.74, 6) is -2.16. The maximum Gasteiger partial charge on any atom is 0.333 e. The molecule has 1 unspecified atom stereocenters. The Morgan fingerprint density at radius 3 is 2.79 bits per heavy atom. The second-order valence-corrected chi connectivity index (χ2v) is 6.53. The molecule has 3 rings (SSSR count). The molecule has 0 radical (unpaired) electrons. The Morgan fingerprint density at radius 2 is 2.26 bits per heavy atom. The second-order valence-electron chi connectivity index (χ2n) is 5.31. The van der Waals surface area contributed by atoms with Crippen molar-refractivity contribution in [2.24, 2.45) is 11.8 Å². The van der Waals surface area contributed by atoms with Crippen LogP contribution in [0, 0.1) is 11.8 Å². The van der Waals surface area contributed by atoms with Gasteiger partial charge >= 0.3 is 5.97 Å². The van der Waals surface area contributed by atoms with Crippen LogP contribution in [0.1, 0.15) is 19.8 Å². The van der Waals surface area contributed by atoms with Crippen molar-refractivity contribution < 1.29 is 24.5 Å². The highest BCUT2D eigenvalue weighted by Gasteiger charge is 2.60. The third-order valence-electron chi connectivity index (χ3n) is 4.13. The number of aliphatic carboxylic acids is 1. The molecule has 104 valence electrons. The summed E-state index contributed by atoms with van der Waals surface area (Å²) < 4.78 is 5.56. The van der Waals surface area contributed by atoms with E-state index in [0.717, 1.165) is 12.8 Å². The van der Waals surface area contributed by atoms with Crippen molar-refractivity contribution in [1.82, 2.24) is 0 Å². The van der Waals surface area contributed by atoms with Crippen LogP contribution in [-0.4, -0.2) is 46.0 Å². The van der Waals surface area contributed by atoms with E-state index in [1.807, 2.05) is 0 Å². The highest BCUT2D eigenvalue weighted by atomic mass is 32.2. The normalized spacial score (nSPS) is 39.2. The number of carbonyl (C=O) groups excluding carboxylic acids is 1. The number of thioether (sulfide) groups is 1. The van der Waals surface area contributed by atoms with Gasteiger partial charge in [-0.25, -0.2) is 4.79 Å². The van der Waals surface area contributed by atoms with E-state index in [1.54, 1.807) is 6.92 Å². The Hall–Kier alpha value is -0.850. The van der Waals surface area contributed by atoms with Crippen LogP contribution in [0.4, 0.5) is 0 Å². The summed E-state index contributed by atoms with van der Waals surface area (Å²) in [5.41, 5.74) is 0.212. The monoisotopic (exact) mass is 284 g/mol. The summed E-state index contributed by atoms with van der Waals surface area (Å²) in [6.45, 7) is 2.23. The van der Waals surface area contributed by atoms with Crippen LogP contribution in [-0.2, 0) is 14.3 Å². The fourth-order valence-electron chi connectivity index (χ4n) is 3.22. The van der Waals surface area contributed by atoms with Gasteiger partial charge in [-0.2, -0.15) is 0 Å². The van der Waals surface area contributed by atoms with E-state index in [2.05, 4.69) is 0 Å². The number of carboxylic acids is 1.